The molecule has 9 heteroatoms. The number of amides is 1. The van der Waals surface area contributed by atoms with Crippen LogP contribution in [-0.2, 0) is 10.0 Å². The van der Waals surface area contributed by atoms with Crippen LogP contribution in [0.5, 0.6) is 0 Å². The number of rotatable bonds is 4. The minimum atomic E-state index is -3.57. The number of hydrogen-bond donors (Lipinski definition) is 1. The standard InChI is InChI=1S/C16H23N3O3S2.ClH/c17-11-13-4-5-19(12-13)24(21,22)15-3-1-2-14(10-15)16(20)18-6-8-23-9-7-18;/h1-3,10,13H,4-9,11-12,17H2;1H. The zero-order chi connectivity index (χ0) is 17.2. The lowest BCUT2D eigenvalue weighted by Gasteiger charge is -2.26. The smallest absolute Gasteiger partial charge is 0.253 e. The van der Waals surface area contributed by atoms with Gasteiger partial charge in [-0.05, 0) is 37.1 Å². The van der Waals surface area contributed by atoms with Gasteiger partial charge in [0.25, 0.3) is 5.91 Å². The number of halogens is 1. The van der Waals surface area contributed by atoms with Gasteiger partial charge in [0.15, 0.2) is 0 Å². The Hall–Kier alpha value is -0.800. The average Bonchev–Trinajstić information content (AvgIpc) is 3.12. The molecule has 2 heterocycles. The van der Waals surface area contributed by atoms with Crippen molar-refractivity contribution in [2.75, 3.05) is 44.2 Å². The van der Waals surface area contributed by atoms with E-state index in [2.05, 4.69) is 0 Å². The molecule has 1 atom stereocenters. The van der Waals surface area contributed by atoms with Crippen LogP contribution < -0.4 is 5.73 Å². The van der Waals surface area contributed by atoms with Crippen LogP contribution in [0, 0.1) is 5.92 Å². The molecule has 0 radical (unpaired) electrons. The highest BCUT2D eigenvalue weighted by Crippen LogP contribution is 2.25. The van der Waals surface area contributed by atoms with Crippen LogP contribution in [-0.4, -0.2) is 67.8 Å². The maximum Gasteiger partial charge on any atom is 0.253 e. The third-order valence-corrected chi connectivity index (χ3v) is 7.40. The largest absolute Gasteiger partial charge is 0.337 e. The number of carbonyl (C=O) groups is 1. The summed E-state index contributed by atoms with van der Waals surface area (Å²) >= 11 is 1.83. The van der Waals surface area contributed by atoms with Crippen molar-refractivity contribution < 1.29 is 13.2 Å². The first-order valence-electron chi connectivity index (χ1n) is 8.19. The molecule has 25 heavy (non-hydrogen) atoms. The Morgan fingerprint density at radius 3 is 2.60 bits per heavy atom. The summed E-state index contributed by atoms with van der Waals surface area (Å²) in [5.74, 6) is 1.99. The lowest BCUT2D eigenvalue weighted by Crippen LogP contribution is -2.38. The van der Waals surface area contributed by atoms with Gasteiger partial charge in [-0.2, -0.15) is 16.1 Å². The quantitative estimate of drug-likeness (QED) is 0.815. The molecule has 1 amide bonds. The molecule has 3 rings (SSSR count). The molecular weight excluding hydrogens is 382 g/mol. The molecule has 1 unspecified atom stereocenters. The molecule has 0 spiro atoms. The van der Waals surface area contributed by atoms with E-state index in [-0.39, 0.29) is 29.1 Å². The fraction of sp³-hybridized carbons (Fsp3) is 0.562. The highest BCUT2D eigenvalue weighted by atomic mass is 35.5. The van der Waals surface area contributed by atoms with Crippen molar-refractivity contribution in [1.82, 2.24) is 9.21 Å². The molecule has 2 aliphatic rings. The van der Waals surface area contributed by atoms with Gasteiger partial charge in [0, 0.05) is 43.2 Å². The summed E-state index contributed by atoms with van der Waals surface area (Å²) in [6.07, 6.45) is 0.791. The van der Waals surface area contributed by atoms with Crippen LogP contribution in [0.15, 0.2) is 29.2 Å². The fourth-order valence-electron chi connectivity index (χ4n) is 3.10. The highest BCUT2D eigenvalue weighted by molar-refractivity contribution is 7.99. The number of hydrogen-bond acceptors (Lipinski definition) is 5. The number of carbonyl (C=O) groups excluding carboxylic acids is 1. The first-order valence-corrected chi connectivity index (χ1v) is 10.8. The van der Waals surface area contributed by atoms with Gasteiger partial charge in [-0.3, -0.25) is 4.79 Å². The van der Waals surface area contributed by atoms with Gasteiger partial charge in [0.1, 0.15) is 0 Å². The van der Waals surface area contributed by atoms with Gasteiger partial charge in [0.2, 0.25) is 10.0 Å². The number of nitrogens with two attached hydrogens (primary N) is 1. The van der Waals surface area contributed by atoms with E-state index in [9.17, 15) is 13.2 Å². The molecular formula is C16H24ClN3O3S2. The van der Waals surface area contributed by atoms with E-state index in [1.807, 2.05) is 11.8 Å². The number of thioether (sulfide) groups is 1. The van der Waals surface area contributed by atoms with Crippen molar-refractivity contribution >= 4 is 40.1 Å². The summed E-state index contributed by atoms with van der Waals surface area (Å²) in [4.78, 5) is 14.6. The third kappa shape index (κ3) is 4.49. The van der Waals surface area contributed by atoms with E-state index >= 15 is 0 Å². The summed E-state index contributed by atoms with van der Waals surface area (Å²) in [6, 6.07) is 6.41. The molecule has 1 aromatic rings. The Kier molecular flexibility index (Phi) is 7.16. The van der Waals surface area contributed by atoms with Gasteiger partial charge in [-0.25, -0.2) is 8.42 Å². The molecule has 2 aliphatic heterocycles. The van der Waals surface area contributed by atoms with E-state index in [0.717, 1.165) is 17.9 Å². The molecule has 1 aromatic carbocycles. The Bertz CT molecular complexity index is 708. The van der Waals surface area contributed by atoms with Crippen molar-refractivity contribution in [3.05, 3.63) is 29.8 Å². The maximum absolute atomic E-state index is 12.8. The molecule has 140 valence electrons. The predicted molar refractivity (Wildman–Crippen MR) is 103 cm³/mol. The molecule has 0 aliphatic carbocycles. The maximum atomic E-state index is 12.8. The zero-order valence-electron chi connectivity index (χ0n) is 14.0. The van der Waals surface area contributed by atoms with Crippen molar-refractivity contribution in [1.29, 1.82) is 0 Å². The third-order valence-electron chi connectivity index (χ3n) is 4.60. The Balaban J connectivity index is 0.00000225. The molecule has 0 aromatic heterocycles. The van der Waals surface area contributed by atoms with E-state index in [1.165, 1.54) is 10.4 Å². The number of sulfonamides is 1. The Morgan fingerprint density at radius 2 is 1.96 bits per heavy atom. The summed E-state index contributed by atoms with van der Waals surface area (Å²) in [7, 11) is -3.57. The minimum Gasteiger partial charge on any atom is -0.337 e. The Labute approximate surface area is 159 Å². The van der Waals surface area contributed by atoms with Gasteiger partial charge in [-0.1, -0.05) is 6.07 Å². The van der Waals surface area contributed by atoms with Crippen molar-refractivity contribution in [3.8, 4) is 0 Å². The topological polar surface area (TPSA) is 83.7 Å². The first-order chi connectivity index (χ1) is 11.5. The molecule has 2 fully saturated rings. The van der Waals surface area contributed by atoms with Gasteiger partial charge >= 0.3 is 0 Å². The molecule has 2 N–H and O–H groups in total. The van der Waals surface area contributed by atoms with Crippen LogP contribution in [0.2, 0.25) is 0 Å². The van der Waals surface area contributed by atoms with Gasteiger partial charge in [0.05, 0.1) is 4.90 Å². The highest BCUT2D eigenvalue weighted by Gasteiger charge is 2.32. The predicted octanol–water partition coefficient (Wildman–Crippen LogP) is 1.27. The van der Waals surface area contributed by atoms with Crippen molar-refractivity contribution in [2.24, 2.45) is 11.7 Å². The van der Waals surface area contributed by atoms with Crippen molar-refractivity contribution in [2.45, 2.75) is 11.3 Å². The lowest BCUT2D eigenvalue weighted by atomic mass is 10.1. The summed E-state index contributed by atoms with van der Waals surface area (Å²) in [5.41, 5.74) is 6.09. The second kappa shape index (κ2) is 8.73. The SMILES string of the molecule is Cl.NCC1CCN(S(=O)(=O)c2cccc(C(=O)N3CCSCC3)c2)C1. The summed E-state index contributed by atoms with van der Waals surface area (Å²) in [5, 5.41) is 0. The van der Waals surface area contributed by atoms with E-state index in [0.29, 0.717) is 38.3 Å². The monoisotopic (exact) mass is 405 g/mol. The molecule has 0 saturated carbocycles. The van der Waals surface area contributed by atoms with Crippen LogP contribution in [0.1, 0.15) is 16.8 Å². The van der Waals surface area contributed by atoms with E-state index in [4.69, 9.17) is 5.73 Å². The van der Waals surface area contributed by atoms with Gasteiger partial charge in [-0.15, -0.1) is 12.4 Å². The molecule has 6 nitrogen and oxygen atoms in total. The van der Waals surface area contributed by atoms with Crippen LogP contribution in [0.4, 0.5) is 0 Å². The van der Waals surface area contributed by atoms with E-state index in [1.54, 1.807) is 23.1 Å². The minimum absolute atomic E-state index is 0. The zero-order valence-corrected chi connectivity index (χ0v) is 16.4. The summed E-state index contributed by atoms with van der Waals surface area (Å²) in [6.45, 7) is 2.87. The number of benzene rings is 1. The van der Waals surface area contributed by atoms with Crippen molar-refractivity contribution in [3.63, 3.8) is 0 Å². The average molecular weight is 406 g/mol. The first kappa shape index (κ1) is 20.5. The molecule has 0 bridgehead atoms. The van der Waals surface area contributed by atoms with E-state index < -0.39 is 10.0 Å². The molecule has 2 saturated heterocycles. The summed E-state index contributed by atoms with van der Waals surface area (Å²) < 4.78 is 27.1. The van der Waals surface area contributed by atoms with Crippen LogP contribution >= 0.6 is 24.2 Å². The van der Waals surface area contributed by atoms with Crippen LogP contribution in [0.3, 0.4) is 0 Å². The second-order valence-electron chi connectivity index (χ2n) is 6.19. The van der Waals surface area contributed by atoms with Crippen LogP contribution in [0.25, 0.3) is 0 Å². The normalized spacial score (nSPS) is 21.8. The lowest BCUT2D eigenvalue weighted by molar-refractivity contribution is 0.0772. The fourth-order valence-corrected chi connectivity index (χ4v) is 5.58. The second-order valence-corrected chi connectivity index (χ2v) is 9.35. The van der Waals surface area contributed by atoms with Gasteiger partial charge < -0.3 is 10.6 Å². The number of nitrogens with zero attached hydrogens (tertiary/aromatic N) is 2. The Morgan fingerprint density at radius 1 is 1.24 bits per heavy atom.